The molecule has 0 radical (unpaired) electrons. The third-order valence-corrected chi connectivity index (χ3v) is 12.5. The van der Waals surface area contributed by atoms with Gasteiger partial charge in [-0.3, -0.25) is 0 Å². The molecule has 0 aliphatic carbocycles. The number of hydrogen-bond acceptors (Lipinski definition) is 18. The number of aliphatic hydroxyl groups is 1. The first kappa shape index (κ1) is 54.5. The molecule has 9 rings (SSSR count). The van der Waals surface area contributed by atoms with Crippen LogP contribution in [0.5, 0.6) is 0 Å². The van der Waals surface area contributed by atoms with Crippen LogP contribution in [-0.2, 0) is 47.4 Å². The molecule has 7 aromatic carbocycles. The number of ether oxygens (including phenoxy) is 10. The van der Waals surface area contributed by atoms with Crippen LogP contribution >= 0.6 is 0 Å². The second-order valence-corrected chi connectivity index (χ2v) is 17.8. The summed E-state index contributed by atoms with van der Waals surface area (Å²) in [7, 11) is 0. The number of carbonyl (C=O) groups is 7. The van der Waals surface area contributed by atoms with Crippen LogP contribution in [0.15, 0.2) is 212 Å². The van der Waals surface area contributed by atoms with E-state index in [9.17, 15) is 38.7 Å². The van der Waals surface area contributed by atoms with Crippen LogP contribution in [0, 0.1) is 0 Å². The molecule has 2 aliphatic heterocycles. The van der Waals surface area contributed by atoms with Gasteiger partial charge in [-0.2, -0.15) is 0 Å². The van der Waals surface area contributed by atoms with E-state index in [4.69, 9.17) is 47.4 Å². The van der Waals surface area contributed by atoms with Crippen molar-refractivity contribution in [3.05, 3.63) is 251 Å². The highest BCUT2D eigenvalue weighted by Crippen LogP contribution is 2.36. The van der Waals surface area contributed by atoms with Crippen LogP contribution in [0.1, 0.15) is 72.5 Å². The van der Waals surface area contributed by atoms with Crippen molar-refractivity contribution in [1.82, 2.24) is 0 Å². The van der Waals surface area contributed by atoms with E-state index in [2.05, 4.69) is 0 Å². The van der Waals surface area contributed by atoms with Gasteiger partial charge >= 0.3 is 41.8 Å². The highest BCUT2D eigenvalue weighted by molar-refractivity contribution is 5.93. The Morgan fingerprint density at radius 3 is 0.886 bits per heavy atom. The van der Waals surface area contributed by atoms with Gasteiger partial charge in [0.1, 0.15) is 31.5 Å². The van der Waals surface area contributed by atoms with E-state index in [1.807, 2.05) is 0 Å². The minimum Gasteiger partial charge on any atom is -0.459 e. The summed E-state index contributed by atoms with van der Waals surface area (Å²) in [5, 5.41) is 11.9. The zero-order chi connectivity index (χ0) is 55.1. The van der Waals surface area contributed by atoms with Gasteiger partial charge in [-0.15, -0.1) is 0 Å². The SMILES string of the molecule is O=C(OCC1OC(O)C(OC(=O)c2ccccc2)C(OC(=O)c2ccccc2)C1OC1OC(COC(=O)c2ccccc2)C(OC(=O)c2ccccc2)C(OC(=O)c2ccccc2)C1OC(=O)c1ccccc1)c1ccccc1. The van der Waals surface area contributed by atoms with Crippen molar-refractivity contribution in [3.8, 4) is 0 Å². The molecule has 18 heteroatoms. The maximum atomic E-state index is 14.5. The van der Waals surface area contributed by atoms with E-state index in [1.165, 1.54) is 84.9 Å². The van der Waals surface area contributed by atoms with Crippen LogP contribution in [0.3, 0.4) is 0 Å². The van der Waals surface area contributed by atoms with E-state index in [0.717, 1.165) is 0 Å². The molecule has 0 saturated carbocycles. The first-order valence-corrected chi connectivity index (χ1v) is 24.9. The molecular weight excluding hydrogens is 1020 g/mol. The van der Waals surface area contributed by atoms with Crippen molar-refractivity contribution in [3.63, 3.8) is 0 Å². The van der Waals surface area contributed by atoms with Gasteiger partial charge in [0.05, 0.1) is 38.9 Å². The number of rotatable bonds is 18. The number of benzene rings is 7. The fourth-order valence-electron chi connectivity index (χ4n) is 8.59. The van der Waals surface area contributed by atoms with E-state index in [0.29, 0.717) is 0 Å². The standard InChI is InChI=1S/C61H50O18/c62-53(38-22-8-1-9-23-38)70-36-45-48(49(75-56(65)41-28-14-4-15-29-41)51(60(69)72-45)77-58(67)43-32-18-6-19-33-43)79-61-52(78-59(68)44-34-20-7-21-35-44)50(76-57(66)42-30-16-5-17-31-42)47(74-55(64)40-26-12-3-13-27-40)46(73-61)37-71-54(63)39-24-10-2-11-25-39/h1-35,45-52,60-61,69H,36-37H2. The smallest absolute Gasteiger partial charge is 0.338 e. The van der Waals surface area contributed by atoms with Gasteiger partial charge < -0.3 is 52.5 Å². The maximum absolute atomic E-state index is 14.5. The summed E-state index contributed by atoms with van der Waals surface area (Å²) >= 11 is 0. The molecular formula is C61H50O18. The summed E-state index contributed by atoms with van der Waals surface area (Å²) in [6, 6.07) is 54.1. The first-order valence-electron chi connectivity index (χ1n) is 24.9. The van der Waals surface area contributed by atoms with E-state index < -0.39 is 116 Å². The fourth-order valence-corrected chi connectivity index (χ4v) is 8.59. The second kappa shape index (κ2) is 26.1. The maximum Gasteiger partial charge on any atom is 0.338 e. The van der Waals surface area contributed by atoms with Crippen LogP contribution in [0.4, 0.5) is 0 Å². The van der Waals surface area contributed by atoms with Gasteiger partial charge in [0.25, 0.3) is 0 Å². The van der Waals surface area contributed by atoms with Gasteiger partial charge in [0.2, 0.25) is 0 Å². The zero-order valence-electron chi connectivity index (χ0n) is 41.8. The molecule has 18 nitrogen and oxygen atoms in total. The van der Waals surface area contributed by atoms with Gasteiger partial charge in [0.15, 0.2) is 43.1 Å². The average molecular weight is 1070 g/mol. The summed E-state index contributed by atoms with van der Waals surface area (Å²) in [5.41, 5.74) is 0.298. The van der Waals surface area contributed by atoms with Gasteiger partial charge in [0, 0.05) is 0 Å². The molecule has 79 heavy (non-hydrogen) atoms. The Kier molecular flexibility index (Phi) is 18.0. The normalized spacial score (nSPS) is 22.4. The summed E-state index contributed by atoms with van der Waals surface area (Å²) in [6.45, 7) is -1.50. The van der Waals surface area contributed by atoms with Crippen molar-refractivity contribution >= 4 is 41.8 Å². The fraction of sp³-hybridized carbons (Fsp3) is 0.197. The lowest BCUT2D eigenvalue weighted by atomic mass is 9.95. The molecule has 0 amide bonds. The number of hydrogen-bond donors (Lipinski definition) is 1. The topological polar surface area (TPSA) is 232 Å². The summed E-state index contributed by atoms with van der Waals surface area (Å²) in [5.74, 6) is -6.72. The summed E-state index contributed by atoms with van der Waals surface area (Å²) < 4.78 is 62.0. The molecule has 7 aromatic rings. The van der Waals surface area contributed by atoms with Crippen molar-refractivity contribution in [2.24, 2.45) is 0 Å². The predicted octanol–water partition coefficient (Wildman–Crippen LogP) is 7.66. The molecule has 1 N–H and O–H groups in total. The van der Waals surface area contributed by atoms with Gasteiger partial charge in [-0.05, 0) is 84.9 Å². The number of carbonyl (C=O) groups excluding carboxylic acids is 7. The average Bonchev–Trinajstić information content (AvgIpc) is 3.51. The first-order chi connectivity index (χ1) is 38.5. The Bertz CT molecular complexity index is 3170. The molecule has 2 aliphatic rings. The van der Waals surface area contributed by atoms with Crippen molar-refractivity contribution in [2.75, 3.05) is 13.2 Å². The Morgan fingerprint density at radius 1 is 0.304 bits per heavy atom. The number of esters is 7. The van der Waals surface area contributed by atoms with E-state index in [1.54, 1.807) is 127 Å². The number of aliphatic hydroxyl groups excluding tert-OH is 1. The Morgan fingerprint density at radius 2 is 0.557 bits per heavy atom. The van der Waals surface area contributed by atoms with Crippen molar-refractivity contribution in [1.29, 1.82) is 0 Å². The quantitative estimate of drug-likeness (QED) is 0.0642. The third-order valence-electron chi connectivity index (χ3n) is 12.5. The van der Waals surface area contributed by atoms with Gasteiger partial charge in [-0.25, -0.2) is 33.6 Å². The lowest BCUT2D eigenvalue weighted by molar-refractivity contribution is -0.352. The van der Waals surface area contributed by atoms with Crippen molar-refractivity contribution < 1.29 is 86.0 Å². The minimum atomic E-state index is -2.12. The highest BCUT2D eigenvalue weighted by Gasteiger charge is 2.58. The van der Waals surface area contributed by atoms with Crippen LogP contribution in [0.2, 0.25) is 0 Å². The molecule has 0 spiro atoms. The molecule has 0 bridgehead atoms. The van der Waals surface area contributed by atoms with Crippen LogP contribution < -0.4 is 0 Å². The van der Waals surface area contributed by atoms with Crippen molar-refractivity contribution in [2.45, 2.75) is 61.4 Å². The molecule has 2 heterocycles. The lowest BCUT2D eigenvalue weighted by Gasteiger charge is -2.48. The molecule has 2 fully saturated rings. The van der Waals surface area contributed by atoms with E-state index in [-0.39, 0.29) is 38.9 Å². The largest absolute Gasteiger partial charge is 0.459 e. The monoisotopic (exact) mass is 1070 g/mol. The van der Waals surface area contributed by atoms with Crippen LogP contribution in [0.25, 0.3) is 0 Å². The molecule has 2 saturated heterocycles. The molecule has 0 aromatic heterocycles. The zero-order valence-corrected chi connectivity index (χ0v) is 41.8. The third kappa shape index (κ3) is 13.8. The Labute approximate surface area is 452 Å². The van der Waals surface area contributed by atoms with E-state index >= 15 is 0 Å². The van der Waals surface area contributed by atoms with Gasteiger partial charge in [-0.1, -0.05) is 127 Å². The predicted molar refractivity (Wildman–Crippen MR) is 276 cm³/mol. The van der Waals surface area contributed by atoms with Crippen LogP contribution in [-0.4, -0.2) is 122 Å². The minimum absolute atomic E-state index is 0.00210. The summed E-state index contributed by atoms with van der Waals surface area (Å²) in [6.07, 6.45) is -19.0. The Balaban J connectivity index is 1.18. The Hall–Kier alpha value is -9.33. The molecule has 10 atom stereocenters. The highest BCUT2D eigenvalue weighted by atomic mass is 16.8. The lowest BCUT2D eigenvalue weighted by Crippen LogP contribution is -2.67. The molecule has 402 valence electrons. The second-order valence-electron chi connectivity index (χ2n) is 17.8. The summed E-state index contributed by atoms with van der Waals surface area (Å²) in [4.78, 5) is 98.6. The molecule has 10 unspecified atom stereocenters.